The van der Waals surface area contributed by atoms with E-state index in [4.69, 9.17) is 0 Å². The van der Waals surface area contributed by atoms with Gasteiger partial charge in [0, 0.05) is 6.04 Å². The van der Waals surface area contributed by atoms with Gasteiger partial charge in [0.15, 0.2) is 5.96 Å². The summed E-state index contributed by atoms with van der Waals surface area (Å²) in [5, 5.41) is 5.60. The fourth-order valence-electron chi connectivity index (χ4n) is 2.65. The van der Waals surface area contributed by atoms with E-state index in [-0.39, 0.29) is 37.6 Å². The van der Waals surface area contributed by atoms with Crippen molar-refractivity contribution in [2.45, 2.75) is 57.3 Å². The summed E-state index contributed by atoms with van der Waals surface area (Å²) in [6.07, 6.45) is -3.80. The number of hydrogen-bond donors (Lipinski definition) is 2. The Kier molecular flexibility index (Phi) is 3.49. The molecule has 0 radical (unpaired) electrons. The SMILES string of the molecule is CC(C)N=C1NC(=O)C2(CCC(C(F)(F)F)CC2)N1. The Balaban J connectivity index is 2.05. The molecule has 1 aliphatic heterocycles. The second kappa shape index (κ2) is 4.68. The van der Waals surface area contributed by atoms with E-state index in [1.54, 1.807) is 0 Å². The highest BCUT2D eigenvalue weighted by Crippen LogP contribution is 2.41. The van der Waals surface area contributed by atoms with Crippen LogP contribution in [-0.2, 0) is 4.79 Å². The number of rotatable bonds is 1. The van der Waals surface area contributed by atoms with E-state index < -0.39 is 17.6 Å². The number of carbonyl (C=O) groups excluding carboxylic acids is 1. The van der Waals surface area contributed by atoms with E-state index in [2.05, 4.69) is 15.6 Å². The van der Waals surface area contributed by atoms with Crippen LogP contribution in [0.25, 0.3) is 0 Å². The summed E-state index contributed by atoms with van der Waals surface area (Å²) in [5.74, 6) is -1.17. The van der Waals surface area contributed by atoms with Crippen molar-refractivity contribution in [3.05, 3.63) is 0 Å². The molecule has 4 nitrogen and oxygen atoms in total. The van der Waals surface area contributed by atoms with Gasteiger partial charge in [0.25, 0.3) is 5.91 Å². The molecule has 108 valence electrons. The van der Waals surface area contributed by atoms with Gasteiger partial charge < -0.3 is 5.32 Å². The summed E-state index contributed by atoms with van der Waals surface area (Å²) in [7, 11) is 0. The molecule has 2 rings (SSSR count). The first-order chi connectivity index (χ1) is 8.73. The first kappa shape index (κ1) is 14.1. The van der Waals surface area contributed by atoms with Gasteiger partial charge in [-0.05, 0) is 39.5 Å². The van der Waals surface area contributed by atoms with Crippen molar-refractivity contribution in [1.82, 2.24) is 10.6 Å². The Morgan fingerprint density at radius 2 is 1.89 bits per heavy atom. The molecule has 1 saturated heterocycles. The minimum absolute atomic E-state index is 0.0150. The molecule has 2 aliphatic rings. The lowest BCUT2D eigenvalue weighted by Crippen LogP contribution is -2.50. The highest BCUT2D eigenvalue weighted by atomic mass is 19.4. The predicted molar refractivity (Wildman–Crippen MR) is 64.6 cm³/mol. The van der Waals surface area contributed by atoms with E-state index in [9.17, 15) is 18.0 Å². The lowest BCUT2D eigenvalue weighted by atomic mass is 9.76. The molecule has 0 aromatic carbocycles. The van der Waals surface area contributed by atoms with Crippen LogP contribution in [0.4, 0.5) is 13.2 Å². The topological polar surface area (TPSA) is 53.5 Å². The van der Waals surface area contributed by atoms with Crippen LogP contribution in [0.5, 0.6) is 0 Å². The van der Waals surface area contributed by atoms with Crippen molar-refractivity contribution in [3.63, 3.8) is 0 Å². The highest BCUT2D eigenvalue weighted by Gasteiger charge is 2.51. The predicted octanol–water partition coefficient (Wildman–Crippen LogP) is 1.96. The van der Waals surface area contributed by atoms with Crippen molar-refractivity contribution in [2.24, 2.45) is 10.9 Å². The fraction of sp³-hybridized carbons (Fsp3) is 0.833. The Bertz CT molecular complexity index is 396. The van der Waals surface area contributed by atoms with E-state index in [0.717, 1.165) is 0 Å². The molecule has 1 heterocycles. The van der Waals surface area contributed by atoms with Crippen molar-refractivity contribution in [3.8, 4) is 0 Å². The van der Waals surface area contributed by atoms with E-state index >= 15 is 0 Å². The Labute approximate surface area is 109 Å². The maximum atomic E-state index is 12.6. The number of hydrogen-bond acceptors (Lipinski definition) is 2. The third-order valence-electron chi connectivity index (χ3n) is 3.71. The zero-order chi connectivity index (χ0) is 14.3. The molecule has 2 N–H and O–H groups in total. The number of amides is 1. The van der Waals surface area contributed by atoms with E-state index in [0.29, 0.717) is 5.96 Å². The molecule has 7 heteroatoms. The van der Waals surface area contributed by atoms with Gasteiger partial charge in [0.2, 0.25) is 0 Å². The van der Waals surface area contributed by atoms with Crippen molar-refractivity contribution >= 4 is 11.9 Å². The summed E-state index contributed by atoms with van der Waals surface area (Å²) in [4.78, 5) is 16.2. The first-order valence-electron chi connectivity index (χ1n) is 6.47. The van der Waals surface area contributed by atoms with E-state index in [1.807, 2.05) is 13.8 Å². The average molecular weight is 277 g/mol. The van der Waals surface area contributed by atoms with E-state index in [1.165, 1.54) is 0 Å². The zero-order valence-corrected chi connectivity index (χ0v) is 11.0. The number of nitrogens with one attached hydrogen (secondary N) is 2. The molecule has 1 spiro atoms. The summed E-state index contributed by atoms with van der Waals surface area (Å²) < 4.78 is 37.9. The van der Waals surface area contributed by atoms with Crippen LogP contribution < -0.4 is 10.6 Å². The quantitative estimate of drug-likeness (QED) is 0.770. The Morgan fingerprint density at radius 1 is 1.32 bits per heavy atom. The lowest BCUT2D eigenvalue weighted by molar-refractivity contribution is -0.185. The standard InChI is InChI=1S/C12H18F3N3O/c1-7(2)16-10-17-9(19)11(18-10)5-3-8(4-6-11)12(13,14)15/h7-8H,3-6H2,1-2H3,(H2,16,17,18,19). The molecule has 0 unspecified atom stereocenters. The summed E-state index contributed by atoms with van der Waals surface area (Å²) >= 11 is 0. The number of alkyl halides is 3. The number of carbonyl (C=O) groups is 1. The molecular formula is C12H18F3N3O. The zero-order valence-electron chi connectivity index (χ0n) is 11.0. The average Bonchev–Trinajstić information content (AvgIpc) is 2.53. The third-order valence-corrected chi connectivity index (χ3v) is 3.71. The van der Waals surface area contributed by atoms with Gasteiger partial charge in [-0.3, -0.25) is 15.1 Å². The van der Waals surface area contributed by atoms with Crippen LogP contribution in [0, 0.1) is 5.92 Å². The lowest BCUT2D eigenvalue weighted by Gasteiger charge is -2.35. The molecule has 19 heavy (non-hydrogen) atoms. The number of guanidine groups is 1. The third kappa shape index (κ3) is 2.84. The second-order valence-corrected chi connectivity index (χ2v) is 5.55. The van der Waals surface area contributed by atoms with Gasteiger partial charge in [0.1, 0.15) is 5.54 Å². The van der Waals surface area contributed by atoms with Crippen LogP contribution in [0.1, 0.15) is 39.5 Å². The summed E-state index contributed by atoms with van der Waals surface area (Å²) in [5.41, 5.74) is -0.893. The van der Waals surface area contributed by atoms with Crippen LogP contribution >= 0.6 is 0 Å². The van der Waals surface area contributed by atoms with Gasteiger partial charge >= 0.3 is 6.18 Å². The van der Waals surface area contributed by atoms with Crippen LogP contribution in [0.2, 0.25) is 0 Å². The van der Waals surface area contributed by atoms with Crippen molar-refractivity contribution in [2.75, 3.05) is 0 Å². The minimum atomic E-state index is -4.16. The molecular weight excluding hydrogens is 259 g/mol. The largest absolute Gasteiger partial charge is 0.391 e. The molecule has 1 amide bonds. The molecule has 1 saturated carbocycles. The maximum absolute atomic E-state index is 12.6. The number of halogens is 3. The van der Waals surface area contributed by atoms with Crippen molar-refractivity contribution in [1.29, 1.82) is 0 Å². The monoisotopic (exact) mass is 277 g/mol. The Morgan fingerprint density at radius 3 is 2.37 bits per heavy atom. The number of nitrogens with zero attached hydrogens (tertiary/aromatic N) is 1. The van der Waals surface area contributed by atoms with Crippen LogP contribution in [-0.4, -0.2) is 29.6 Å². The second-order valence-electron chi connectivity index (χ2n) is 5.55. The summed E-state index contributed by atoms with van der Waals surface area (Å²) in [6, 6.07) is 0.0180. The smallest absolute Gasteiger partial charge is 0.342 e. The molecule has 0 aromatic heterocycles. The first-order valence-corrected chi connectivity index (χ1v) is 6.47. The molecule has 1 aliphatic carbocycles. The van der Waals surface area contributed by atoms with Crippen LogP contribution in [0.3, 0.4) is 0 Å². The molecule has 0 bridgehead atoms. The fourth-order valence-corrected chi connectivity index (χ4v) is 2.65. The highest BCUT2D eigenvalue weighted by molar-refractivity contribution is 6.09. The van der Waals surface area contributed by atoms with Gasteiger partial charge in [-0.25, -0.2) is 0 Å². The molecule has 0 aromatic rings. The normalized spacial score (nSPS) is 33.9. The van der Waals surface area contributed by atoms with Crippen LogP contribution in [0.15, 0.2) is 4.99 Å². The Hall–Kier alpha value is -1.27. The van der Waals surface area contributed by atoms with Crippen molar-refractivity contribution < 1.29 is 18.0 Å². The van der Waals surface area contributed by atoms with Gasteiger partial charge in [-0.15, -0.1) is 0 Å². The van der Waals surface area contributed by atoms with Gasteiger partial charge in [0.05, 0.1) is 5.92 Å². The maximum Gasteiger partial charge on any atom is 0.391 e. The van der Waals surface area contributed by atoms with Gasteiger partial charge in [-0.2, -0.15) is 13.2 Å². The molecule has 2 fully saturated rings. The molecule has 0 atom stereocenters. The number of aliphatic imine (C=N–C) groups is 1. The van der Waals surface area contributed by atoms with Gasteiger partial charge in [-0.1, -0.05) is 0 Å². The minimum Gasteiger partial charge on any atom is -0.342 e. The summed E-state index contributed by atoms with van der Waals surface area (Å²) in [6.45, 7) is 3.73.